The molecule has 150 valence electrons. The molecule has 0 spiro atoms. The second-order valence-electron chi connectivity index (χ2n) is 7.17. The molecule has 1 aromatic rings. The Labute approximate surface area is 164 Å². The van der Waals surface area contributed by atoms with Crippen LogP contribution >= 0.6 is 0 Å². The number of hydrogen-bond donors (Lipinski definition) is 2. The Hall–Kier alpha value is -2.58. The summed E-state index contributed by atoms with van der Waals surface area (Å²) in [5.41, 5.74) is 3.19. The van der Waals surface area contributed by atoms with Crippen LogP contribution in [0.15, 0.2) is 35.5 Å². The first-order chi connectivity index (χ1) is 13.6. The first-order valence-electron chi connectivity index (χ1n) is 9.71. The molecule has 0 radical (unpaired) electrons. The fraction of sp³-hybridized carbons (Fsp3) is 0.500. The molecule has 0 bridgehead atoms. The lowest BCUT2D eigenvalue weighted by Crippen LogP contribution is -2.49. The molecule has 0 aromatic heterocycles. The molecule has 3 amide bonds. The Morgan fingerprint density at radius 2 is 1.61 bits per heavy atom. The number of ether oxygens (including phenoxy) is 2. The van der Waals surface area contributed by atoms with E-state index in [0.717, 1.165) is 37.6 Å². The van der Waals surface area contributed by atoms with E-state index in [0.29, 0.717) is 37.6 Å². The highest BCUT2D eigenvalue weighted by molar-refractivity contribution is 5.98. The van der Waals surface area contributed by atoms with Crippen LogP contribution in [0.4, 0.5) is 10.5 Å². The Kier molecular flexibility index (Phi) is 5.50. The molecule has 0 aliphatic carbocycles. The van der Waals surface area contributed by atoms with Gasteiger partial charge in [-0.05, 0) is 24.6 Å². The summed E-state index contributed by atoms with van der Waals surface area (Å²) < 4.78 is 10.8. The molecular formula is C20H26N4O4. The molecule has 2 saturated heterocycles. The molecule has 0 saturated carbocycles. The Bertz CT molecular complexity index is 765. The topological polar surface area (TPSA) is 83.1 Å². The summed E-state index contributed by atoms with van der Waals surface area (Å²) in [6, 6.07) is 7.30. The standard InChI is InChI=1S/C20H26N4O4/c1-14-17(19(25)24-8-12-28-13-9-24)18(22-20(26)21-14)15-2-4-16(5-3-15)23-6-10-27-11-7-23/h2-5,18H,6-13H2,1H3,(H2,21,22,26)/t18-/m0/s1. The van der Waals surface area contributed by atoms with E-state index >= 15 is 0 Å². The third-order valence-electron chi connectivity index (χ3n) is 5.40. The zero-order valence-corrected chi connectivity index (χ0v) is 16.1. The van der Waals surface area contributed by atoms with Crippen LogP contribution in [0.5, 0.6) is 0 Å². The Morgan fingerprint density at radius 3 is 2.25 bits per heavy atom. The smallest absolute Gasteiger partial charge is 0.319 e. The average Bonchev–Trinajstić information content (AvgIpc) is 2.74. The molecular weight excluding hydrogens is 360 g/mol. The molecule has 3 aliphatic rings. The summed E-state index contributed by atoms with van der Waals surface area (Å²) in [6.07, 6.45) is 0. The van der Waals surface area contributed by atoms with Gasteiger partial charge in [-0.25, -0.2) is 4.79 Å². The van der Waals surface area contributed by atoms with Crippen molar-refractivity contribution in [2.45, 2.75) is 13.0 Å². The van der Waals surface area contributed by atoms with E-state index in [4.69, 9.17) is 9.47 Å². The molecule has 1 aromatic carbocycles. The highest BCUT2D eigenvalue weighted by Crippen LogP contribution is 2.30. The number of carbonyl (C=O) groups is 2. The highest BCUT2D eigenvalue weighted by Gasteiger charge is 2.34. The van der Waals surface area contributed by atoms with Crippen molar-refractivity contribution in [3.05, 3.63) is 41.1 Å². The van der Waals surface area contributed by atoms with E-state index in [1.54, 1.807) is 11.8 Å². The van der Waals surface area contributed by atoms with Gasteiger partial charge < -0.3 is 29.9 Å². The van der Waals surface area contributed by atoms with Gasteiger partial charge in [0.05, 0.1) is 38.0 Å². The summed E-state index contributed by atoms with van der Waals surface area (Å²) in [5.74, 6) is -0.0597. The van der Waals surface area contributed by atoms with Crippen molar-refractivity contribution >= 4 is 17.6 Å². The minimum Gasteiger partial charge on any atom is -0.378 e. The first-order valence-corrected chi connectivity index (χ1v) is 9.71. The molecule has 3 heterocycles. The molecule has 2 N–H and O–H groups in total. The molecule has 8 nitrogen and oxygen atoms in total. The van der Waals surface area contributed by atoms with Crippen molar-refractivity contribution in [1.29, 1.82) is 0 Å². The van der Waals surface area contributed by atoms with Crippen LogP contribution in [0.25, 0.3) is 0 Å². The number of anilines is 1. The van der Waals surface area contributed by atoms with Crippen LogP contribution < -0.4 is 15.5 Å². The molecule has 1 atom stereocenters. The van der Waals surface area contributed by atoms with Crippen molar-refractivity contribution in [3.8, 4) is 0 Å². The maximum Gasteiger partial charge on any atom is 0.319 e. The third kappa shape index (κ3) is 3.83. The summed E-state index contributed by atoms with van der Waals surface area (Å²) in [6.45, 7) is 7.17. The van der Waals surface area contributed by atoms with Crippen LogP contribution in [0, 0.1) is 0 Å². The molecule has 2 fully saturated rings. The van der Waals surface area contributed by atoms with E-state index < -0.39 is 6.04 Å². The van der Waals surface area contributed by atoms with Crippen molar-refractivity contribution in [2.75, 3.05) is 57.5 Å². The van der Waals surface area contributed by atoms with Gasteiger partial charge in [-0.1, -0.05) is 12.1 Å². The summed E-state index contributed by atoms with van der Waals surface area (Å²) >= 11 is 0. The zero-order valence-electron chi connectivity index (χ0n) is 16.1. The largest absolute Gasteiger partial charge is 0.378 e. The number of rotatable bonds is 3. The summed E-state index contributed by atoms with van der Waals surface area (Å²) in [7, 11) is 0. The van der Waals surface area contributed by atoms with Gasteiger partial charge in [0.1, 0.15) is 0 Å². The molecule has 4 rings (SSSR count). The number of amides is 3. The minimum absolute atomic E-state index is 0.0597. The predicted molar refractivity (Wildman–Crippen MR) is 104 cm³/mol. The number of urea groups is 1. The van der Waals surface area contributed by atoms with Crippen LogP contribution in [0.2, 0.25) is 0 Å². The van der Waals surface area contributed by atoms with Crippen LogP contribution in [0.1, 0.15) is 18.5 Å². The quantitative estimate of drug-likeness (QED) is 0.810. The maximum absolute atomic E-state index is 13.2. The fourth-order valence-electron chi connectivity index (χ4n) is 3.86. The minimum atomic E-state index is -0.470. The first kappa shape index (κ1) is 18.8. The lowest BCUT2D eigenvalue weighted by atomic mass is 9.94. The second kappa shape index (κ2) is 8.20. The number of morpholine rings is 2. The van der Waals surface area contributed by atoms with E-state index in [-0.39, 0.29) is 11.9 Å². The number of hydrogen-bond acceptors (Lipinski definition) is 5. The van der Waals surface area contributed by atoms with E-state index in [2.05, 4.69) is 15.5 Å². The highest BCUT2D eigenvalue weighted by atomic mass is 16.5. The molecule has 0 unspecified atom stereocenters. The zero-order chi connectivity index (χ0) is 19.5. The fourth-order valence-corrected chi connectivity index (χ4v) is 3.86. The van der Waals surface area contributed by atoms with Crippen molar-refractivity contribution in [1.82, 2.24) is 15.5 Å². The average molecular weight is 386 g/mol. The van der Waals surface area contributed by atoms with Gasteiger partial charge in [0.25, 0.3) is 5.91 Å². The van der Waals surface area contributed by atoms with E-state index in [1.165, 1.54) is 0 Å². The van der Waals surface area contributed by atoms with E-state index in [9.17, 15) is 9.59 Å². The monoisotopic (exact) mass is 386 g/mol. The number of allylic oxidation sites excluding steroid dienone is 1. The molecule has 3 aliphatic heterocycles. The molecule has 28 heavy (non-hydrogen) atoms. The summed E-state index contributed by atoms with van der Waals surface area (Å²) in [5, 5.41) is 5.65. The number of nitrogens with zero attached hydrogens (tertiary/aromatic N) is 2. The van der Waals surface area contributed by atoms with Gasteiger partial charge in [0.2, 0.25) is 0 Å². The third-order valence-corrected chi connectivity index (χ3v) is 5.40. The Balaban J connectivity index is 1.59. The second-order valence-corrected chi connectivity index (χ2v) is 7.17. The van der Waals surface area contributed by atoms with Gasteiger partial charge >= 0.3 is 6.03 Å². The number of benzene rings is 1. The van der Waals surface area contributed by atoms with E-state index in [1.807, 2.05) is 24.3 Å². The van der Waals surface area contributed by atoms with Crippen LogP contribution in [-0.4, -0.2) is 69.4 Å². The maximum atomic E-state index is 13.2. The van der Waals surface area contributed by atoms with Gasteiger partial charge in [-0.3, -0.25) is 4.79 Å². The van der Waals surface area contributed by atoms with Gasteiger partial charge in [0, 0.05) is 37.6 Å². The van der Waals surface area contributed by atoms with Gasteiger partial charge in [-0.2, -0.15) is 0 Å². The van der Waals surface area contributed by atoms with Crippen LogP contribution in [0.3, 0.4) is 0 Å². The number of carbonyl (C=O) groups excluding carboxylic acids is 2. The van der Waals surface area contributed by atoms with Crippen molar-refractivity contribution in [2.24, 2.45) is 0 Å². The lowest BCUT2D eigenvalue weighted by molar-refractivity contribution is -0.131. The predicted octanol–water partition coefficient (Wildman–Crippen LogP) is 1.01. The SMILES string of the molecule is CC1=C(C(=O)N2CCOCC2)[C@H](c2ccc(N3CCOCC3)cc2)NC(=O)N1. The van der Waals surface area contributed by atoms with Gasteiger partial charge in [-0.15, -0.1) is 0 Å². The van der Waals surface area contributed by atoms with Gasteiger partial charge in [0.15, 0.2) is 0 Å². The summed E-state index contributed by atoms with van der Waals surface area (Å²) in [4.78, 5) is 29.3. The normalized spacial score (nSPS) is 23.3. The van der Waals surface area contributed by atoms with Crippen molar-refractivity contribution in [3.63, 3.8) is 0 Å². The molecule has 8 heteroatoms. The Morgan fingerprint density at radius 1 is 1.00 bits per heavy atom. The van der Waals surface area contributed by atoms with Crippen molar-refractivity contribution < 1.29 is 19.1 Å². The lowest BCUT2D eigenvalue weighted by Gasteiger charge is -2.34. The van der Waals surface area contributed by atoms with Crippen LogP contribution in [-0.2, 0) is 14.3 Å². The number of nitrogens with one attached hydrogen (secondary N) is 2.